The van der Waals surface area contributed by atoms with Crippen LogP contribution in [0.25, 0.3) is 11.4 Å². The number of carbonyl (C=O) groups is 1. The highest BCUT2D eigenvalue weighted by atomic mass is 19.4. The summed E-state index contributed by atoms with van der Waals surface area (Å²) in [7, 11) is 1.51. The SMILES string of the molecule is Cn1c(-c2ccc(F)cc2)nn(CCNC(=O)c2cccc(C(F)(F)F)c2)c1=O. The van der Waals surface area contributed by atoms with Gasteiger partial charge in [-0.1, -0.05) is 6.07 Å². The standard InChI is InChI=1S/C19H16F4N4O2/c1-26-16(12-5-7-15(20)8-6-12)25-27(18(26)29)10-9-24-17(28)13-3-2-4-14(11-13)19(21,22)23/h2-8,11H,9-10H2,1H3,(H,24,28). The Balaban J connectivity index is 1.68. The molecule has 0 fully saturated rings. The van der Waals surface area contributed by atoms with Crippen LogP contribution in [0.1, 0.15) is 15.9 Å². The number of nitrogens with zero attached hydrogens (tertiary/aromatic N) is 3. The molecule has 0 spiro atoms. The summed E-state index contributed by atoms with van der Waals surface area (Å²) in [5.74, 6) is -0.798. The lowest BCUT2D eigenvalue weighted by atomic mass is 10.1. The fourth-order valence-electron chi connectivity index (χ4n) is 2.70. The molecular weight excluding hydrogens is 392 g/mol. The summed E-state index contributed by atoms with van der Waals surface area (Å²) < 4.78 is 53.7. The average molecular weight is 408 g/mol. The Hall–Kier alpha value is -3.43. The fraction of sp³-hybridized carbons (Fsp3) is 0.211. The number of hydrogen-bond donors (Lipinski definition) is 1. The van der Waals surface area contributed by atoms with Crippen LogP contribution < -0.4 is 11.0 Å². The molecule has 0 saturated carbocycles. The first kappa shape index (κ1) is 20.3. The lowest BCUT2D eigenvalue weighted by Crippen LogP contribution is -2.31. The minimum atomic E-state index is -4.55. The number of nitrogens with one attached hydrogen (secondary N) is 1. The molecule has 6 nitrogen and oxygen atoms in total. The Morgan fingerprint density at radius 1 is 1.14 bits per heavy atom. The van der Waals surface area contributed by atoms with E-state index in [0.29, 0.717) is 11.4 Å². The molecule has 1 aromatic heterocycles. The highest BCUT2D eigenvalue weighted by Gasteiger charge is 2.30. The Labute approximate surface area is 162 Å². The van der Waals surface area contributed by atoms with Gasteiger partial charge >= 0.3 is 11.9 Å². The number of rotatable bonds is 5. The second-order valence-electron chi connectivity index (χ2n) is 6.23. The van der Waals surface area contributed by atoms with Crippen molar-refractivity contribution in [1.29, 1.82) is 0 Å². The van der Waals surface area contributed by atoms with Gasteiger partial charge in [0.25, 0.3) is 5.91 Å². The summed E-state index contributed by atoms with van der Waals surface area (Å²) in [4.78, 5) is 24.4. The average Bonchev–Trinajstić information content (AvgIpc) is 2.96. The lowest BCUT2D eigenvalue weighted by molar-refractivity contribution is -0.137. The molecule has 0 saturated heterocycles. The number of amides is 1. The molecule has 0 unspecified atom stereocenters. The number of hydrogen-bond acceptors (Lipinski definition) is 3. The molecule has 3 aromatic rings. The van der Waals surface area contributed by atoms with E-state index in [-0.39, 0.29) is 18.7 Å². The minimum absolute atomic E-state index is 0.0125. The van der Waals surface area contributed by atoms with Crippen LogP contribution in [0.2, 0.25) is 0 Å². The Morgan fingerprint density at radius 2 is 1.83 bits per heavy atom. The zero-order chi connectivity index (χ0) is 21.2. The summed E-state index contributed by atoms with van der Waals surface area (Å²) in [6.07, 6.45) is -4.55. The Kier molecular flexibility index (Phi) is 5.53. The molecule has 10 heteroatoms. The fourth-order valence-corrected chi connectivity index (χ4v) is 2.70. The maximum absolute atomic E-state index is 13.1. The van der Waals surface area contributed by atoms with E-state index >= 15 is 0 Å². The zero-order valence-corrected chi connectivity index (χ0v) is 15.2. The zero-order valence-electron chi connectivity index (χ0n) is 15.2. The van der Waals surface area contributed by atoms with Crippen molar-refractivity contribution in [2.24, 2.45) is 7.05 Å². The second-order valence-corrected chi connectivity index (χ2v) is 6.23. The number of aromatic nitrogens is 3. The number of alkyl halides is 3. The summed E-state index contributed by atoms with van der Waals surface area (Å²) in [5.41, 5.74) is -0.967. The highest BCUT2D eigenvalue weighted by molar-refractivity contribution is 5.94. The van der Waals surface area contributed by atoms with E-state index in [1.807, 2.05) is 0 Å². The predicted octanol–water partition coefficient (Wildman–Crippen LogP) is 2.84. The molecule has 0 bridgehead atoms. The van der Waals surface area contributed by atoms with E-state index in [1.54, 1.807) is 0 Å². The van der Waals surface area contributed by atoms with Crippen LogP contribution in [-0.4, -0.2) is 26.8 Å². The van der Waals surface area contributed by atoms with Crippen molar-refractivity contribution >= 4 is 5.91 Å². The van der Waals surface area contributed by atoms with Gasteiger partial charge < -0.3 is 5.32 Å². The van der Waals surface area contributed by atoms with E-state index in [0.717, 1.165) is 22.9 Å². The van der Waals surface area contributed by atoms with Crippen molar-refractivity contribution in [2.45, 2.75) is 12.7 Å². The predicted molar refractivity (Wildman–Crippen MR) is 96.6 cm³/mol. The van der Waals surface area contributed by atoms with Crippen LogP contribution >= 0.6 is 0 Å². The smallest absolute Gasteiger partial charge is 0.350 e. The summed E-state index contributed by atoms with van der Waals surface area (Å²) in [6.45, 7) is -0.00652. The maximum atomic E-state index is 13.1. The minimum Gasteiger partial charge on any atom is -0.350 e. The van der Waals surface area contributed by atoms with Gasteiger partial charge in [-0.15, -0.1) is 5.10 Å². The van der Waals surface area contributed by atoms with Crippen molar-refractivity contribution in [2.75, 3.05) is 6.54 Å². The van der Waals surface area contributed by atoms with Gasteiger partial charge in [0.2, 0.25) is 0 Å². The lowest BCUT2D eigenvalue weighted by Gasteiger charge is -2.09. The van der Waals surface area contributed by atoms with Crippen molar-refractivity contribution in [3.63, 3.8) is 0 Å². The molecule has 0 atom stereocenters. The first-order valence-electron chi connectivity index (χ1n) is 8.52. The first-order chi connectivity index (χ1) is 13.7. The van der Waals surface area contributed by atoms with Gasteiger partial charge in [-0.25, -0.2) is 13.9 Å². The van der Waals surface area contributed by atoms with Crippen molar-refractivity contribution in [1.82, 2.24) is 19.7 Å². The maximum Gasteiger partial charge on any atom is 0.416 e. The third kappa shape index (κ3) is 4.53. The number of benzene rings is 2. The van der Waals surface area contributed by atoms with Crippen molar-refractivity contribution < 1.29 is 22.4 Å². The monoisotopic (exact) mass is 408 g/mol. The molecule has 0 aliphatic heterocycles. The second kappa shape index (κ2) is 7.90. The summed E-state index contributed by atoms with van der Waals surface area (Å²) in [6, 6.07) is 9.51. The molecule has 0 aliphatic carbocycles. The molecule has 0 aliphatic rings. The van der Waals surface area contributed by atoms with Crippen LogP contribution in [0.4, 0.5) is 17.6 Å². The highest BCUT2D eigenvalue weighted by Crippen LogP contribution is 2.29. The quantitative estimate of drug-likeness (QED) is 0.661. The first-order valence-corrected chi connectivity index (χ1v) is 8.52. The van der Waals surface area contributed by atoms with Crippen molar-refractivity contribution in [3.05, 3.63) is 76.0 Å². The molecule has 29 heavy (non-hydrogen) atoms. The third-order valence-electron chi connectivity index (χ3n) is 4.20. The van der Waals surface area contributed by atoms with Gasteiger partial charge in [0.15, 0.2) is 5.82 Å². The molecule has 1 amide bonds. The molecule has 1 N–H and O–H groups in total. The van der Waals surface area contributed by atoms with Gasteiger partial charge in [0.1, 0.15) is 5.82 Å². The number of halogens is 4. The van der Waals surface area contributed by atoms with Crippen molar-refractivity contribution in [3.8, 4) is 11.4 Å². The van der Waals surface area contributed by atoms with Crippen LogP contribution in [0.5, 0.6) is 0 Å². The van der Waals surface area contributed by atoms with E-state index < -0.39 is 29.2 Å². The van der Waals surface area contributed by atoms with E-state index in [9.17, 15) is 27.2 Å². The molecule has 1 heterocycles. The molecule has 3 rings (SSSR count). The topological polar surface area (TPSA) is 68.9 Å². The molecule has 152 valence electrons. The van der Waals surface area contributed by atoms with E-state index in [1.165, 1.54) is 41.9 Å². The van der Waals surface area contributed by atoms with Crippen LogP contribution in [0, 0.1) is 5.82 Å². The van der Waals surface area contributed by atoms with Gasteiger partial charge in [0.05, 0.1) is 12.1 Å². The van der Waals surface area contributed by atoms with Gasteiger partial charge in [-0.05, 0) is 42.5 Å². The largest absolute Gasteiger partial charge is 0.416 e. The Morgan fingerprint density at radius 3 is 2.48 bits per heavy atom. The van der Waals surface area contributed by atoms with Gasteiger partial charge in [0, 0.05) is 24.7 Å². The normalized spacial score (nSPS) is 11.5. The van der Waals surface area contributed by atoms with Crippen LogP contribution in [0.15, 0.2) is 53.3 Å². The van der Waals surface area contributed by atoms with Crippen LogP contribution in [-0.2, 0) is 19.8 Å². The van der Waals surface area contributed by atoms with Crippen LogP contribution in [0.3, 0.4) is 0 Å². The molecule has 2 aromatic carbocycles. The molecular formula is C19H16F4N4O2. The Bertz CT molecular complexity index is 1080. The third-order valence-corrected chi connectivity index (χ3v) is 4.20. The number of carbonyl (C=O) groups excluding carboxylic acids is 1. The summed E-state index contributed by atoms with van der Waals surface area (Å²) >= 11 is 0. The van der Waals surface area contributed by atoms with Gasteiger partial charge in [-0.2, -0.15) is 13.2 Å². The van der Waals surface area contributed by atoms with Gasteiger partial charge in [-0.3, -0.25) is 9.36 Å². The van der Waals surface area contributed by atoms with E-state index in [4.69, 9.17) is 0 Å². The molecule has 0 radical (unpaired) electrons. The van der Waals surface area contributed by atoms with E-state index in [2.05, 4.69) is 10.4 Å². The summed E-state index contributed by atoms with van der Waals surface area (Å²) in [5, 5.41) is 6.63.